The second-order valence-electron chi connectivity index (χ2n) is 8.07. The topological polar surface area (TPSA) is 105 Å². The minimum atomic E-state index is -3.54. The number of halogens is 1. The Morgan fingerprint density at radius 1 is 1.11 bits per heavy atom. The third-order valence-electron chi connectivity index (χ3n) is 5.57. The van der Waals surface area contributed by atoms with E-state index in [0.29, 0.717) is 34.8 Å². The number of fused-ring (bicyclic) bond motifs is 1. The van der Waals surface area contributed by atoms with Crippen molar-refractivity contribution in [1.82, 2.24) is 19.1 Å². The molecule has 0 saturated heterocycles. The lowest BCUT2D eigenvalue weighted by Gasteiger charge is -2.19. The summed E-state index contributed by atoms with van der Waals surface area (Å²) in [6.45, 7) is 2.12. The van der Waals surface area contributed by atoms with E-state index in [0.717, 1.165) is 11.8 Å². The number of methoxy groups -OCH3 is 1. The molecule has 4 rings (SSSR count). The first kappa shape index (κ1) is 24.4. The van der Waals surface area contributed by atoms with Crippen molar-refractivity contribution in [3.8, 4) is 22.8 Å². The first-order chi connectivity index (χ1) is 16.6. The van der Waals surface area contributed by atoms with Crippen LogP contribution in [0.15, 0.2) is 53.5 Å². The molecule has 1 aromatic carbocycles. The van der Waals surface area contributed by atoms with Crippen LogP contribution >= 0.6 is 0 Å². The standard InChI is InChI=1S/C24H25FN4O5S/c1-5-34-23-21(33-3)11-10-18(27-23)20(14-35(4,31)32)29-22-19(28(2)24(29)30)12-16(13-26-22)15-6-8-17(25)9-7-15/h6-13,20H,5,14H2,1-4H3/t20-/m1/s1. The smallest absolute Gasteiger partial charge is 0.330 e. The van der Waals surface area contributed by atoms with Gasteiger partial charge in [-0.15, -0.1) is 0 Å². The SMILES string of the molecule is CCOc1nc([C@@H](CS(C)(=O)=O)n2c(=O)n(C)c3cc(-c4ccc(F)cc4)cnc32)ccc1OC. The molecule has 3 heterocycles. The largest absolute Gasteiger partial charge is 0.491 e. The second-order valence-corrected chi connectivity index (χ2v) is 10.3. The molecule has 0 bridgehead atoms. The normalized spacial score (nSPS) is 12.6. The van der Waals surface area contributed by atoms with Crippen molar-refractivity contribution in [2.24, 2.45) is 7.05 Å². The lowest BCUT2D eigenvalue weighted by atomic mass is 10.1. The number of rotatable bonds is 8. The highest BCUT2D eigenvalue weighted by molar-refractivity contribution is 7.90. The molecule has 0 radical (unpaired) electrons. The Labute approximate surface area is 201 Å². The number of benzene rings is 1. The highest BCUT2D eigenvalue weighted by atomic mass is 32.2. The number of hydrogen-bond acceptors (Lipinski definition) is 7. The summed E-state index contributed by atoms with van der Waals surface area (Å²) in [6, 6.07) is 9.96. The number of pyridine rings is 2. The van der Waals surface area contributed by atoms with Crippen molar-refractivity contribution in [2.75, 3.05) is 25.7 Å². The number of ether oxygens (including phenoxy) is 2. The molecule has 9 nitrogen and oxygen atoms in total. The van der Waals surface area contributed by atoms with Crippen molar-refractivity contribution in [3.05, 3.63) is 70.7 Å². The van der Waals surface area contributed by atoms with Gasteiger partial charge in [0, 0.05) is 25.1 Å². The van der Waals surface area contributed by atoms with Crippen molar-refractivity contribution in [2.45, 2.75) is 13.0 Å². The zero-order valence-electron chi connectivity index (χ0n) is 19.7. The fourth-order valence-electron chi connectivity index (χ4n) is 3.92. The van der Waals surface area contributed by atoms with Crippen LogP contribution < -0.4 is 15.2 Å². The molecule has 0 saturated carbocycles. The maximum atomic E-state index is 13.4. The van der Waals surface area contributed by atoms with Crippen molar-refractivity contribution >= 4 is 21.0 Å². The van der Waals surface area contributed by atoms with E-state index >= 15 is 0 Å². The van der Waals surface area contributed by atoms with Gasteiger partial charge in [-0.1, -0.05) is 12.1 Å². The van der Waals surface area contributed by atoms with Crippen molar-refractivity contribution < 1.29 is 22.3 Å². The van der Waals surface area contributed by atoms with Crippen LogP contribution in [0, 0.1) is 5.82 Å². The van der Waals surface area contributed by atoms with Gasteiger partial charge < -0.3 is 9.47 Å². The molecule has 184 valence electrons. The summed E-state index contributed by atoms with van der Waals surface area (Å²) in [5, 5.41) is 0. The lowest BCUT2D eigenvalue weighted by molar-refractivity contribution is 0.296. The van der Waals surface area contributed by atoms with Gasteiger partial charge in [0.1, 0.15) is 15.7 Å². The molecular weight excluding hydrogens is 475 g/mol. The zero-order valence-corrected chi connectivity index (χ0v) is 20.5. The van der Waals surface area contributed by atoms with Crippen LogP contribution in [-0.2, 0) is 16.9 Å². The van der Waals surface area contributed by atoms with Crippen LogP contribution in [0.2, 0.25) is 0 Å². The number of aryl methyl sites for hydroxylation is 1. The van der Waals surface area contributed by atoms with Crippen LogP contribution in [0.5, 0.6) is 11.6 Å². The second kappa shape index (κ2) is 9.49. The number of imidazole rings is 1. The number of aromatic nitrogens is 4. The quantitative estimate of drug-likeness (QED) is 0.366. The van der Waals surface area contributed by atoms with E-state index in [9.17, 15) is 17.6 Å². The minimum Gasteiger partial charge on any atom is -0.491 e. The molecule has 0 amide bonds. The Kier molecular flexibility index (Phi) is 6.62. The summed E-state index contributed by atoms with van der Waals surface area (Å²) in [5.41, 5.74) is 2.08. The zero-order chi connectivity index (χ0) is 25.3. The average Bonchev–Trinajstić information content (AvgIpc) is 3.07. The summed E-state index contributed by atoms with van der Waals surface area (Å²) in [7, 11) is -0.474. The van der Waals surface area contributed by atoms with Gasteiger partial charge in [0.25, 0.3) is 5.88 Å². The van der Waals surface area contributed by atoms with E-state index in [4.69, 9.17) is 9.47 Å². The molecule has 0 fully saturated rings. The fourth-order valence-corrected chi connectivity index (χ4v) is 4.81. The minimum absolute atomic E-state index is 0.200. The van der Waals surface area contributed by atoms with E-state index in [1.807, 2.05) is 0 Å². The number of hydrogen-bond donors (Lipinski definition) is 0. The third kappa shape index (κ3) is 4.90. The summed E-state index contributed by atoms with van der Waals surface area (Å²) >= 11 is 0. The highest BCUT2D eigenvalue weighted by Gasteiger charge is 2.28. The van der Waals surface area contributed by atoms with Gasteiger partial charge in [-0.3, -0.25) is 9.13 Å². The average molecular weight is 501 g/mol. The number of nitrogens with zero attached hydrogens (tertiary/aromatic N) is 4. The first-order valence-corrected chi connectivity index (χ1v) is 12.9. The molecule has 11 heteroatoms. The summed E-state index contributed by atoms with van der Waals surface area (Å²) < 4.78 is 51.7. The summed E-state index contributed by atoms with van der Waals surface area (Å²) in [4.78, 5) is 22.4. The maximum absolute atomic E-state index is 13.4. The lowest BCUT2D eigenvalue weighted by Crippen LogP contribution is -2.31. The summed E-state index contributed by atoms with van der Waals surface area (Å²) in [5.74, 6) is -0.145. The van der Waals surface area contributed by atoms with Crippen LogP contribution in [0.1, 0.15) is 18.7 Å². The molecule has 0 aliphatic heterocycles. The Morgan fingerprint density at radius 2 is 1.83 bits per heavy atom. The third-order valence-corrected chi connectivity index (χ3v) is 6.49. The van der Waals surface area contributed by atoms with Crippen LogP contribution in [0.25, 0.3) is 22.3 Å². The van der Waals surface area contributed by atoms with Gasteiger partial charge in [-0.05, 0) is 42.8 Å². The van der Waals surface area contributed by atoms with Gasteiger partial charge in [0.15, 0.2) is 11.4 Å². The van der Waals surface area contributed by atoms with Crippen LogP contribution in [-0.4, -0.2) is 53.2 Å². The highest BCUT2D eigenvalue weighted by Crippen LogP contribution is 2.30. The molecule has 0 aliphatic rings. The Hall–Kier alpha value is -3.73. The Balaban J connectivity index is 1.92. The molecule has 1 atom stereocenters. The van der Waals surface area contributed by atoms with Crippen molar-refractivity contribution in [1.29, 1.82) is 0 Å². The van der Waals surface area contributed by atoms with Crippen molar-refractivity contribution in [3.63, 3.8) is 0 Å². The van der Waals surface area contributed by atoms with Crippen LogP contribution in [0.4, 0.5) is 4.39 Å². The van der Waals surface area contributed by atoms with Crippen LogP contribution in [0.3, 0.4) is 0 Å². The molecule has 0 spiro atoms. The van der Waals surface area contributed by atoms with E-state index in [1.165, 1.54) is 28.4 Å². The molecule has 0 aliphatic carbocycles. The van der Waals surface area contributed by atoms with Gasteiger partial charge in [0.2, 0.25) is 0 Å². The van der Waals surface area contributed by atoms with Gasteiger partial charge >= 0.3 is 5.69 Å². The molecule has 35 heavy (non-hydrogen) atoms. The van der Waals surface area contributed by atoms with E-state index in [-0.39, 0.29) is 17.5 Å². The monoisotopic (exact) mass is 500 g/mol. The van der Waals surface area contributed by atoms with Gasteiger partial charge in [-0.2, -0.15) is 0 Å². The van der Waals surface area contributed by atoms with Gasteiger partial charge in [0.05, 0.1) is 36.7 Å². The Morgan fingerprint density at radius 3 is 2.46 bits per heavy atom. The van der Waals surface area contributed by atoms with E-state index < -0.39 is 21.6 Å². The molecule has 3 aromatic heterocycles. The summed E-state index contributed by atoms with van der Waals surface area (Å²) in [6.07, 6.45) is 2.67. The predicted molar refractivity (Wildman–Crippen MR) is 130 cm³/mol. The number of sulfone groups is 1. The van der Waals surface area contributed by atoms with E-state index in [2.05, 4.69) is 9.97 Å². The molecule has 4 aromatic rings. The van der Waals surface area contributed by atoms with Gasteiger partial charge in [-0.25, -0.2) is 27.6 Å². The first-order valence-electron chi connectivity index (χ1n) is 10.8. The molecule has 0 unspecified atom stereocenters. The molecule has 0 N–H and O–H groups in total. The maximum Gasteiger partial charge on any atom is 0.330 e. The Bertz CT molecular complexity index is 1540. The molecular formula is C24H25FN4O5S. The predicted octanol–water partition coefficient (Wildman–Crippen LogP) is 2.98. The van der Waals surface area contributed by atoms with E-state index in [1.54, 1.807) is 50.5 Å². The fraction of sp³-hybridized carbons (Fsp3) is 0.292.